The third kappa shape index (κ3) is 2.74. The molecule has 1 aliphatic rings. The van der Waals surface area contributed by atoms with Crippen LogP contribution in [0.25, 0.3) is 0 Å². The number of hydrogen-bond donors (Lipinski definition) is 0. The predicted octanol–water partition coefficient (Wildman–Crippen LogP) is 5.40. The van der Waals surface area contributed by atoms with Crippen molar-refractivity contribution in [3.63, 3.8) is 0 Å². The van der Waals surface area contributed by atoms with Crippen LogP contribution in [0.5, 0.6) is 0 Å². The molecule has 1 saturated carbocycles. The molecular formula is C15H13Cl2S. The van der Waals surface area contributed by atoms with Gasteiger partial charge in [-0.2, -0.15) is 0 Å². The van der Waals surface area contributed by atoms with Crippen LogP contribution < -0.4 is 0 Å². The van der Waals surface area contributed by atoms with E-state index in [1.807, 2.05) is 6.07 Å². The van der Waals surface area contributed by atoms with Gasteiger partial charge in [0.1, 0.15) is 0 Å². The maximum Gasteiger partial charge on any atom is 0.0633 e. The van der Waals surface area contributed by atoms with Gasteiger partial charge >= 0.3 is 0 Å². The van der Waals surface area contributed by atoms with E-state index >= 15 is 0 Å². The highest BCUT2D eigenvalue weighted by molar-refractivity contribution is 7.09. The fraction of sp³-hybridized carbons (Fsp3) is 0.333. The highest BCUT2D eigenvalue weighted by Crippen LogP contribution is 2.37. The fourth-order valence-electron chi connectivity index (χ4n) is 2.06. The molecule has 3 heteroatoms. The van der Waals surface area contributed by atoms with E-state index in [2.05, 4.69) is 23.6 Å². The molecule has 1 heterocycles. The Labute approximate surface area is 122 Å². The lowest BCUT2D eigenvalue weighted by Crippen LogP contribution is -1.94. The Morgan fingerprint density at radius 2 is 2.11 bits per heavy atom. The molecule has 3 rings (SSSR count). The van der Waals surface area contributed by atoms with E-state index < -0.39 is 0 Å². The number of thiophene rings is 1. The first-order valence-corrected chi connectivity index (χ1v) is 7.77. The van der Waals surface area contributed by atoms with Gasteiger partial charge in [0.15, 0.2) is 0 Å². The largest absolute Gasteiger partial charge is 0.149 e. The Morgan fingerprint density at radius 3 is 2.78 bits per heavy atom. The molecule has 0 nitrogen and oxygen atoms in total. The van der Waals surface area contributed by atoms with Gasteiger partial charge in [-0.1, -0.05) is 29.3 Å². The summed E-state index contributed by atoms with van der Waals surface area (Å²) in [6, 6.07) is 9.50. The number of hydrogen-bond acceptors (Lipinski definition) is 1. The van der Waals surface area contributed by atoms with Gasteiger partial charge in [-0.25, -0.2) is 0 Å². The van der Waals surface area contributed by atoms with Crippen LogP contribution in [0.2, 0.25) is 10.0 Å². The Kier molecular flexibility index (Phi) is 3.65. The van der Waals surface area contributed by atoms with Gasteiger partial charge in [0.05, 0.1) is 10.0 Å². The lowest BCUT2D eigenvalue weighted by atomic mass is 10.0. The van der Waals surface area contributed by atoms with Crippen LogP contribution in [0.1, 0.15) is 28.8 Å². The van der Waals surface area contributed by atoms with Crippen LogP contribution in [0.4, 0.5) is 0 Å². The van der Waals surface area contributed by atoms with Gasteiger partial charge in [0.2, 0.25) is 0 Å². The molecule has 93 valence electrons. The van der Waals surface area contributed by atoms with Crippen LogP contribution in [-0.4, -0.2) is 0 Å². The molecule has 1 radical (unpaired) electrons. The molecule has 2 aromatic rings. The number of rotatable bonds is 4. The van der Waals surface area contributed by atoms with E-state index in [0.717, 1.165) is 29.9 Å². The summed E-state index contributed by atoms with van der Waals surface area (Å²) in [4.78, 5) is 1.30. The first kappa shape index (κ1) is 12.5. The van der Waals surface area contributed by atoms with Gasteiger partial charge in [-0.15, -0.1) is 11.3 Å². The zero-order valence-corrected chi connectivity index (χ0v) is 12.2. The van der Waals surface area contributed by atoms with Crippen molar-refractivity contribution in [3.05, 3.63) is 55.7 Å². The predicted molar refractivity (Wildman–Crippen MR) is 78.9 cm³/mol. The highest BCUT2D eigenvalue weighted by atomic mass is 35.5. The van der Waals surface area contributed by atoms with Crippen LogP contribution in [0, 0.1) is 12.0 Å². The third-order valence-corrected chi connectivity index (χ3v) is 5.12. The zero-order valence-electron chi connectivity index (χ0n) is 9.88. The van der Waals surface area contributed by atoms with Crippen molar-refractivity contribution >= 4 is 34.5 Å². The van der Waals surface area contributed by atoms with Crippen LogP contribution in [0.15, 0.2) is 23.6 Å². The van der Waals surface area contributed by atoms with Crippen molar-refractivity contribution in [1.82, 2.24) is 0 Å². The van der Waals surface area contributed by atoms with Crippen LogP contribution in [0.3, 0.4) is 0 Å². The zero-order chi connectivity index (χ0) is 12.5. The molecule has 0 bridgehead atoms. The van der Waals surface area contributed by atoms with Crippen LogP contribution >= 0.6 is 34.5 Å². The topological polar surface area (TPSA) is 0 Å². The minimum absolute atomic E-state index is 0.706. The summed E-state index contributed by atoms with van der Waals surface area (Å²) in [5.74, 6) is 0.804. The average molecular weight is 296 g/mol. The van der Waals surface area contributed by atoms with E-state index in [9.17, 15) is 0 Å². The maximum absolute atomic E-state index is 6.37. The molecule has 18 heavy (non-hydrogen) atoms. The molecule has 0 atom stereocenters. The van der Waals surface area contributed by atoms with Gasteiger partial charge in [0.25, 0.3) is 0 Å². The summed E-state index contributed by atoms with van der Waals surface area (Å²) in [5.41, 5.74) is 2.16. The SMILES string of the molecule is Clc1c(CC2CC2)[c]cc(Cc2cccs2)c1Cl. The monoisotopic (exact) mass is 295 g/mol. The second kappa shape index (κ2) is 5.24. The average Bonchev–Trinajstić information content (AvgIpc) is 3.03. The van der Waals surface area contributed by atoms with Crippen LogP contribution in [-0.2, 0) is 12.8 Å². The van der Waals surface area contributed by atoms with E-state index in [1.165, 1.54) is 17.7 Å². The Morgan fingerprint density at radius 1 is 1.28 bits per heavy atom. The Bertz CT molecular complexity index is 542. The summed E-state index contributed by atoms with van der Waals surface area (Å²) >= 11 is 14.5. The summed E-state index contributed by atoms with van der Waals surface area (Å²) in [6.07, 6.45) is 4.51. The molecule has 1 aliphatic carbocycles. The van der Waals surface area contributed by atoms with Crippen molar-refractivity contribution in [2.45, 2.75) is 25.7 Å². The summed E-state index contributed by atoms with van der Waals surface area (Å²) < 4.78 is 0. The minimum Gasteiger partial charge on any atom is -0.149 e. The molecule has 1 aromatic carbocycles. The second-order valence-electron chi connectivity index (χ2n) is 4.82. The van der Waals surface area contributed by atoms with E-state index in [1.54, 1.807) is 11.3 Å². The molecule has 0 amide bonds. The van der Waals surface area contributed by atoms with E-state index in [0.29, 0.717) is 10.0 Å². The molecule has 0 spiro atoms. The quantitative estimate of drug-likeness (QED) is 0.708. The molecule has 0 saturated heterocycles. The lowest BCUT2D eigenvalue weighted by molar-refractivity contribution is 0.831. The van der Waals surface area contributed by atoms with Gasteiger partial charge < -0.3 is 0 Å². The van der Waals surface area contributed by atoms with E-state index in [4.69, 9.17) is 23.2 Å². The molecule has 0 aliphatic heterocycles. The fourth-order valence-corrected chi connectivity index (χ4v) is 3.28. The second-order valence-corrected chi connectivity index (χ2v) is 6.61. The highest BCUT2D eigenvalue weighted by Gasteiger charge is 2.23. The number of benzene rings is 1. The maximum atomic E-state index is 6.37. The molecule has 1 fully saturated rings. The third-order valence-electron chi connectivity index (χ3n) is 3.29. The molecule has 0 unspecified atom stereocenters. The Hall–Kier alpha value is -0.500. The lowest BCUT2D eigenvalue weighted by Gasteiger charge is -2.09. The smallest absolute Gasteiger partial charge is 0.0633 e. The van der Waals surface area contributed by atoms with Crippen molar-refractivity contribution in [1.29, 1.82) is 0 Å². The van der Waals surface area contributed by atoms with Gasteiger partial charge in [-0.05, 0) is 59.9 Å². The van der Waals surface area contributed by atoms with Crippen molar-refractivity contribution in [3.8, 4) is 0 Å². The summed E-state index contributed by atoms with van der Waals surface area (Å²) in [6.45, 7) is 0. The molecule has 1 aromatic heterocycles. The van der Waals surface area contributed by atoms with Gasteiger partial charge in [-0.3, -0.25) is 0 Å². The summed E-state index contributed by atoms with van der Waals surface area (Å²) in [5, 5.41) is 3.49. The molecule has 0 N–H and O–H groups in total. The number of halogens is 2. The first-order chi connectivity index (χ1) is 8.74. The minimum atomic E-state index is 0.706. The molecular weight excluding hydrogens is 283 g/mol. The van der Waals surface area contributed by atoms with E-state index in [-0.39, 0.29) is 0 Å². The standard InChI is InChI=1S/C15H13Cl2S/c16-14-11(8-10-3-4-10)5-6-12(15(14)17)9-13-2-1-7-18-13/h1-2,6-7,10H,3-4,8-9H2. The van der Waals surface area contributed by atoms with Gasteiger partial charge in [0, 0.05) is 11.3 Å². The Balaban J connectivity index is 1.84. The summed E-state index contributed by atoms with van der Waals surface area (Å²) in [7, 11) is 0. The first-order valence-electron chi connectivity index (χ1n) is 6.14. The van der Waals surface area contributed by atoms with Crippen molar-refractivity contribution < 1.29 is 0 Å². The van der Waals surface area contributed by atoms with Crippen molar-refractivity contribution in [2.24, 2.45) is 5.92 Å². The van der Waals surface area contributed by atoms with Crippen molar-refractivity contribution in [2.75, 3.05) is 0 Å². The normalized spacial score (nSPS) is 15.0.